The van der Waals surface area contributed by atoms with Crippen molar-refractivity contribution in [3.63, 3.8) is 0 Å². The van der Waals surface area contributed by atoms with E-state index in [1.807, 2.05) is 0 Å². The van der Waals surface area contributed by atoms with Gasteiger partial charge in [0.05, 0.1) is 0 Å². The average Bonchev–Trinajstić information content (AvgIpc) is 2.58. The van der Waals surface area contributed by atoms with E-state index < -0.39 is 0 Å². The standard InChI is InChI=1S/C7H9.3CO.K.Mo/c1-2-4-6-7-5-3-1;3*1-2;;/h1-5H,6-7H2;;;;;. The van der Waals surface area contributed by atoms with Crippen molar-refractivity contribution in [2.24, 2.45) is 0 Å². The first-order chi connectivity index (χ1) is 6.50. The molecule has 0 heterocycles. The Morgan fingerprint density at radius 3 is 1.67 bits per heavy atom. The van der Waals surface area contributed by atoms with E-state index in [2.05, 4.69) is 50.7 Å². The van der Waals surface area contributed by atoms with Gasteiger partial charge in [-0.15, -0.1) is 0 Å². The summed E-state index contributed by atoms with van der Waals surface area (Å²) in [6, 6.07) is 0. The third-order valence-corrected chi connectivity index (χ3v) is 0.994. The molecule has 0 amide bonds. The molecule has 0 aromatic rings. The van der Waals surface area contributed by atoms with E-state index in [-0.39, 0.29) is 72.4 Å². The Labute approximate surface area is 148 Å². The maximum absolute atomic E-state index is 7.50. The van der Waals surface area contributed by atoms with Crippen molar-refractivity contribution in [1.29, 1.82) is 0 Å². The predicted octanol–water partition coefficient (Wildman–Crippen LogP) is 1.60. The first kappa shape index (κ1) is 29.8. The monoisotopic (exact) mass is 314 g/mol. The van der Waals surface area contributed by atoms with Crippen LogP contribution < -0.4 is 0 Å². The molecule has 0 atom stereocenters. The Kier molecular flexibility index (Phi) is 91.1. The Bertz CT molecular complexity index is 168. The third kappa shape index (κ3) is 39.6. The Hall–Kier alpha value is 1.02. The number of rotatable bonds is 0. The molecule has 0 spiro atoms. The van der Waals surface area contributed by atoms with Crippen LogP contribution in [0.5, 0.6) is 0 Å². The number of allylic oxidation sites excluding steroid dienone is 4. The topological polar surface area (TPSA) is 59.7 Å². The van der Waals surface area contributed by atoms with Gasteiger partial charge >= 0.3 is 33.9 Å². The third-order valence-electron chi connectivity index (χ3n) is 0.994. The van der Waals surface area contributed by atoms with Gasteiger partial charge in [-0.1, -0.05) is 24.3 Å². The average molecular weight is 312 g/mol. The Morgan fingerprint density at radius 1 is 0.733 bits per heavy atom. The van der Waals surface area contributed by atoms with Crippen LogP contribution in [0.25, 0.3) is 0 Å². The second kappa shape index (κ2) is 45.9. The molecule has 1 aliphatic carbocycles. The first-order valence-corrected chi connectivity index (χ1v) is 3.26. The maximum Gasteiger partial charge on any atom is 0 e. The summed E-state index contributed by atoms with van der Waals surface area (Å²) < 4.78 is 22.5. The molecule has 0 aliphatic heterocycles. The number of hydrogen-bond donors (Lipinski definition) is 0. The second-order valence-electron chi connectivity index (χ2n) is 1.63. The van der Waals surface area contributed by atoms with Crippen molar-refractivity contribution < 1.29 is 35.0 Å². The summed E-state index contributed by atoms with van der Waals surface area (Å²) in [4.78, 5) is 0. The summed E-state index contributed by atoms with van der Waals surface area (Å²) in [6.45, 7) is 13.5. The van der Waals surface area contributed by atoms with Gasteiger partial charge < -0.3 is 0 Å². The van der Waals surface area contributed by atoms with E-state index >= 15 is 0 Å². The zero-order valence-electron chi connectivity index (χ0n) is 8.43. The van der Waals surface area contributed by atoms with Crippen molar-refractivity contribution in [3.05, 3.63) is 50.7 Å². The van der Waals surface area contributed by atoms with Crippen LogP contribution in [0, 0.1) is 26.4 Å². The van der Waals surface area contributed by atoms with Crippen LogP contribution in [0.1, 0.15) is 12.8 Å². The van der Waals surface area contributed by atoms with Gasteiger partial charge in [-0.2, -0.15) is 0 Å². The molecule has 0 saturated carbocycles. The summed E-state index contributed by atoms with van der Waals surface area (Å²) in [5.74, 6) is 0. The molecule has 0 unspecified atom stereocenters. The van der Waals surface area contributed by atoms with Crippen molar-refractivity contribution in [2.75, 3.05) is 0 Å². The molecule has 0 fully saturated rings. The molecule has 0 aromatic carbocycles. The van der Waals surface area contributed by atoms with Crippen LogP contribution in [-0.4, -0.2) is 51.4 Å². The van der Waals surface area contributed by atoms with E-state index in [0.29, 0.717) is 0 Å². The van der Waals surface area contributed by atoms with Gasteiger partial charge in [0.15, 0.2) is 0 Å². The minimum Gasteiger partial charge on any atom is -0.0845 e. The van der Waals surface area contributed by atoms with Crippen LogP contribution in [0.2, 0.25) is 0 Å². The molecule has 0 N–H and O–H groups in total. The molecule has 2 radical (unpaired) electrons. The number of hydrogen-bond acceptors (Lipinski definition) is 0. The Balaban J connectivity index is -0.0000000369. The summed E-state index contributed by atoms with van der Waals surface area (Å²) in [5.41, 5.74) is 0. The maximum atomic E-state index is 7.50. The fraction of sp³-hybridized carbons (Fsp3) is 0.200. The van der Waals surface area contributed by atoms with Crippen LogP contribution in [0.4, 0.5) is 0 Å². The van der Waals surface area contributed by atoms with E-state index in [1.165, 1.54) is 12.8 Å². The van der Waals surface area contributed by atoms with Crippen molar-refractivity contribution in [3.8, 4) is 0 Å². The van der Waals surface area contributed by atoms with Gasteiger partial charge in [-0.3, -0.25) is 0 Å². The molecule has 3 nitrogen and oxygen atoms in total. The van der Waals surface area contributed by atoms with Gasteiger partial charge in [-0.25, -0.2) is 0 Å². The van der Waals surface area contributed by atoms with E-state index in [1.54, 1.807) is 0 Å². The zero-order chi connectivity index (χ0) is 10.9. The molecule has 1 rings (SSSR count). The van der Waals surface area contributed by atoms with Gasteiger partial charge in [-0.05, 0) is 19.3 Å². The molecule has 15 heavy (non-hydrogen) atoms. The van der Waals surface area contributed by atoms with Crippen molar-refractivity contribution in [2.45, 2.75) is 12.8 Å². The van der Waals surface area contributed by atoms with Crippen LogP contribution >= 0.6 is 0 Å². The Morgan fingerprint density at radius 2 is 1.20 bits per heavy atom. The molecule has 0 bridgehead atoms. The summed E-state index contributed by atoms with van der Waals surface area (Å²) in [6.07, 6.45) is 13.0. The normalized spacial score (nSPS) is 9.47. The van der Waals surface area contributed by atoms with Crippen LogP contribution in [-0.2, 0) is 35.0 Å². The molecular formula is C10H9KMoO3. The predicted molar refractivity (Wildman–Crippen MR) is 49.4 cm³/mol. The van der Waals surface area contributed by atoms with Crippen LogP contribution in [0.15, 0.2) is 24.3 Å². The van der Waals surface area contributed by atoms with Gasteiger partial charge in [0.1, 0.15) is 0 Å². The van der Waals surface area contributed by atoms with Crippen molar-refractivity contribution >= 4 is 51.4 Å². The molecular weight excluding hydrogens is 303 g/mol. The molecule has 74 valence electrons. The van der Waals surface area contributed by atoms with E-state index in [4.69, 9.17) is 14.0 Å². The molecule has 0 saturated heterocycles. The molecule has 0 aromatic heterocycles. The summed E-state index contributed by atoms with van der Waals surface area (Å²) in [5, 5.41) is 0. The van der Waals surface area contributed by atoms with E-state index in [0.717, 1.165) is 0 Å². The summed E-state index contributed by atoms with van der Waals surface area (Å²) in [7, 11) is 0. The van der Waals surface area contributed by atoms with E-state index in [9.17, 15) is 0 Å². The SMILES string of the molecule is [C-]#[O+].[C-]#[O+].[C-]#[O+].[CH]1C=CC=CCC1.[K].[Mo]. The minimum atomic E-state index is 0. The molecule has 5 heteroatoms. The minimum absolute atomic E-state index is 0. The fourth-order valence-corrected chi connectivity index (χ4v) is 0.606. The zero-order valence-corrected chi connectivity index (χ0v) is 13.6. The van der Waals surface area contributed by atoms with Gasteiger partial charge in [0.25, 0.3) is 0 Å². The smallest absolute Gasteiger partial charge is 0 e. The van der Waals surface area contributed by atoms with Crippen LogP contribution in [0.3, 0.4) is 0 Å². The van der Waals surface area contributed by atoms with Crippen molar-refractivity contribution in [1.82, 2.24) is 0 Å². The van der Waals surface area contributed by atoms with Gasteiger partial charge in [0.2, 0.25) is 0 Å². The molecule has 1 aliphatic rings. The largest absolute Gasteiger partial charge is 0.0845 e. The quantitative estimate of drug-likeness (QED) is 0.371. The summed E-state index contributed by atoms with van der Waals surface area (Å²) >= 11 is 0. The van der Waals surface area contributed by atoms with Gasteiger partial charge in [0, 0.05) is 72.4 Å². The first-order valence-electron chi connectivity index (χ1n) is 3.26. The second-order valence-corrected chi connectivity index (χ2v) is 1.63. The fourth-order valence-electron chi connectivity index (χ4n) is 0.606.